The number of fused-ring (bicyclic) bond motifs is 1. The van der Waals surface area contributed by atoms with Crippen molar-refractivity contribution in [1.29, 1.82) is 0 Å². The van der Waals surface area contributed by atoms with Crippen molar-refractivity contribution in [2.24, 2.45) is 0 Å². The minimum Gasteiger partial charge on any atom is -0.314 e. The van der Waals surface area contributed by atoms with Crippen molar-refractivity contribution >= 4 is 0 Å². The first-order valence-corrected chi connectivity index (χ1v) is 5.79. The molecule has 2 heteroatoms. The standard InChI is InChI=1S/C13H18N2/c1-15-7-6-14-10-13(15)8-11-4-2-3-5-12(11)9-13/h2-5,14H,6-10H2,1H3. The van der Waals surface area contributed by atoms with Crippen LogP contribution in [0.2, 0.25) is 0 Å². The molecule has 0 atom stereocenters. The highest BCUT2D eigenvalue weighted by molar-refractivity contribution is 5.36. The summed E-state index contributed by atoms with van der Waals surface area (Å²) in [5.41, 5.74) is 3.46. The third-order valence-electron chi connectivity index (χ3n) is 4.05. The lowest BCUT2D eigenvalue weighted by Gasteiger charge is -2.43. The average Bonchev–Trinajstić information content (AvgIpc) is 2.62. The highest BCUT2D eigenvalue weighted by atomic mass is 15.2. The minimum atomic E-state index is 0.363. The van der Waals surface area contributed by atoms with Gasteiger partial charge in [0.05, 0.1) is 0 Å². The van der Waals surface area contributed by atoms with Crippen molar-refractivity contribution < 1.29 is 0 Å². The SMILES string of the molecule is CN1CCNCC12Cc1ccccc1C2. The molecule has 15 heavy (non-hydrogen) atoms. The Morgan fingerprint density at radius 2 is 1.87 bits per heavy atom. The van der Waals surface area contributed by atoms with Gasteiger partial charge in [0.2, 0.25) is 0 Å². The van der Waals surface area contributed by atoms with E-state index in [1.54, 1.807) is 11.1 Å². The van der Waals surface area contributed by atoms with E-state index in [1.807, 2.05) is 0 Å². The van der Waals surface area contributed by atoms with Gasteiger partial charge >= 0.3 is 0 Å². The Hall–Kier alpha value is -0.860. The molecule has 1 spiro atoms. The van der Waals surface area contributed by atoms with Gasteiger partial charge in [0.15, 0.2) is 0 Å². The first kappa shape index (κ1) is 9.37. The third-order valence-corrected chi connectivity index (χ3v) is 4.05. The van der Waals surface area contributed by atoms with Crippen LogP contribution in [-0.2, 0) is 12.8 Å². The normalized spacial score (nSPS) is 24.3. The number of piperazine rings is 1. The van der Waals surface area contributed by atoms with Crippen molar-refractivity contribution in [3.8, 4) is 0 Å². The van der Waals surface area contributed by atoms with E-state index in [0.29, 0.717) is 5.54 Å². The largest absolute Gasteiger partial charge is 0.314 e. The number of hydrogen-bond donors (Lipinski definition) is 1. The fraction of sp³-hybridized carbons (Fsp3) is 0.538. The molecular formula is C13H18N2. The molecule has 1 aromatic carbocycles. The van der Waals surface area contributed by atoms with E-state index in [9.17, 15) is 0 Å². The fourth-order valence-electron chi connectivity index (χ4n) is 3.01. The number of benzene rings is 1. The first-order valence-electron chi connectivity index (χ1n) is 5.79. The summed E-state index contributed by atoms with van der Waals surface area (Å²) in [5, 5.41) is 3.54. The van der Waals surface area contributed by atoms with Gasteiger partial charge in [-0.25, -0.2) is 0 Å². The van der Waals surface area contributed by atoms with Gasteiger partial charge in [0.25, 0.3) is 0 Å². The monoisotopic (exact) mass is 202 g/mol. The van der Waals surface area contributed by atoms with E-state index < -0.39 is 0 Å². The maximum absolute atomic E-state index is 3.54. The summed E-state index contributed by atoms with van der Waals surface area (Å²) in [6.07, 6.45) is 2.43. The minimum absolute atomic E-state index is 0.363. The van der Waals surface area contributed by atoms with E-state index in [-0.39, 0.29) is 0 Å². The van der Waals surface area contributed by atoms with Gasteiger partial charge in [0.1, 0.15) is 0 Å². The number of rotatable bonds is 0. The predicted molar refractivity (Wildman–Crippen MR) is 62.1 cm³/mol. The molecule has 1 aromatic rings. The zero-order valence-corrected chi connectivity index (χ0v) is 9.29. The van der Waals surface area contributed by atoms with Gasteiger partial charge in [-0.3, -0.25) is 4.90 Å². The topological polar surface area (TPSA) is 15.3 Å². The molecule has 0 amide bonds. The fourth-order valence-corrected chi connectivity index (χ4v) is 3.01. The Bertz CT molecular complexity index is 348. The van der Waals surface area contributed by atoms with Gasteiger partial charge in [-0.1, -0.05) is 24.3 Å². The summed E-state index contributed by atoms with van der Waals surface area (Å²) in [6, 6.07) is 8.89. The Kier molecular flexibility index (Phi) is 2.08. The molecule has 1 aliphatic carbocycles. The second kappa shape index (κ2) is 3.32. The van der Waals surface area contributed by atoms with Crippen LogP contribution in [0.25, 0.3) is 0 Å². The lowest BCUT2D eigenvalue weighted by atomic mass is 9.92. The number of likely N-dealkylation sites (N-methyl/N-ethyl adjacent to an activating group) is 1. The van der Waals surface area contributed by atoms with Crippen LogP contribution < -0.4 is 5.32 Å². The van der Waals surface area contributed by atoms with Crippen molar-refractivity contribution in [1.82, 2.24) is 10.2 Å². The van der Waals surface area contributed by atoms with E-state index in [2.05, 4.69) is 41.5 Å². The second-order valence-corrected chi connectivity index (χ2v) is 4.94. The maximum Gasteiger partial charge on any atom is 0.0412 e. The van der Waals surface area contributed by atoms with Gasteiger partial charge in [-0.05, 0) is 31.0 Å². The second-order valence-electron chi connectivity index (χ2n) is 4.94. The summed E-state index contributed by atoms with van der Waals surface area (Å²) in [5.74, 6) is 0. The molecule has 2 nitrogen and oxygen atoms in total. The smallest absolute Gasteiger partial charge is 0.0412 e. The average molecular weight is 202 g/mol. The molecular weight excluding hydrogens is 184 g/mol. The molecule has 1 aliphatic heterocycles. The quantitative estimate of drug-likeness (QED) is 0.677. The predicted octanol–water partition coefficient (Wildman–Crippen LogP) is 1.06. The number of nitrogens with one attached hydrogen (secondary N) is 1. The van der Waals surface area contributed by atoms with E-state index in [1.165, 1.54) is 19.4 Å². The van der Waals surface area contributed by atoms with Crippen molar-refractivity contribution in [3.05, 3.63) is 35.4 Å². The van der Waals surface area contributed by atoms with Crippen LogP contribution in [0.15, 0.2) is 24.3 Å². The molecule has 0 radical (unpaired) electrons. The van der Waals surface area contributed by atoms with Gasteiger partial charge in [0, 0.05) is 25.2 Å². The Labute approximate surface area is 91.3 Å². The zero-order valence-electron chi connectivity index (χ0n) is 9.29. The molecule has 1 heterocycles. The van der Waals surface area contributed by atoms with E-state index in [0.717, 1.165) is 13.1 Å². The molecule has 2 aliphatic rings. The van der Waals surface area contributed by atoms with Crippen LogP contribution >= 0.6 is 0 Å². The summed E-state index contributed by atoms with van der Waals surface area (Å²) in [4.78, 5) is 2.55. The van der Waals surface area contributed by atoms with E-state index >= 15 is 0 Å². The summed E-state index contributed by atoms with van der Waals surface area (Å²) >= 11 is 0. The Morgan fingerprint density at radius 3 is 2.47 bits per heavy atom. The molecule has 3 rings (SSSR count). The maximum atomic E-state index is 3.54. The van der Waals surface area contributed by atoms with Gasteiger partial charge in [-0.15, -0.1) is 0 Å². The van der Waals surface area contributed by atoms with Crippen molar-refractivity contribution in [2.45, 2.75) is 18.4 Å². The molecule has 80 valence electrons. The highest BCUT2D eigenvalue weighted by Crippen LogP contribution is 2.34. The third kappa shape index (κ3) is 1.40. The lowest BCUT2D eigenvalue weighted by Crippen LogP contribution is -2.60. The summed E-state index contributed by atoms with van der Waals surface area (Å²) in [7, 11) is 2.27. The van der Waals surface area contributed by atoms with Gasteiger partial charge < -0.3 is 5.32 Å². The van der Waals surface area contributed by atoms with Crippen LogP contribution in [0.5, 0.6) is 0 Å². The van der Waals surface area contributed by atoms with Crippen LogP contribution in [0.1, 0.15) is 11.1 Å². The van der Waals surface area contributed by atoms with Crippen LogP contribution in [0, 0.1) is 0 Å². The molecule has 1 saturated heterocycles. The Morgan fingerprint density at radius 1 is 1.20 bits per heavy atom. The number of nitrogens with zero attached hydrogens (tertiary/aromatic N) is 1. The van der Waals surface area contributed by atoms with Crippen LogP contribution in [0.4, 0.5) is 0 Å². The Balaban J connectivity index is 1.93. The highest BCUT2D eigenvalue weighted by Gasteiger charge is 2.41. The van der Waals surface area contributed by atoms with Crippen LogP contribution in [0.3, 0.4) is 0 Å². The summed E-state index contributed by atoms with van der Waals surface area (Å²) < 4.78 is 0. The van der Waals surface area contributed by atoms with Crippen LogP contribution in [-0.4, -0.2) is 37.1 Å². The molecule has 1 N–H and O–H groups in total. The molecule has 0 unspecified atom stereocenters. The van der Waals surface area contributed by atoms with E-state index in [4.69, 9.17) is 0 Å². The molecule has 0 aromatic heterocycles. The number of hydrogen-bond acceptors (Lipinski definition) is 2. The molecule has 0 saturated carbocycles. The van der Waals surface area contributed by atoms with Crippen molar-refractivity contribution in [3.63, 3.8) is 0 Å². The van der Waals surface area contributed by atoms with Crippen molar-refractivity contribution in [2.75, 3.05) is 26.7 Å². The molecule has 0 bridgehead atoms. The lowest BCUT2D eigenvalue weighted by molar-refractivity contribution is 0.0970. The first-order chi connectivity index (χ1) is 7.30. The zero-order chi connectivity index (χ0) is 10.3. The summed E-state index contributed by atoms with van der Waals surface area (Å²) in [6.45, 7) is 3.45. The van der Waals surface area contributed by atoms with Gasteiger partial charge in [-0.2, -0.15) is 0 Å². The molecule has 1 fully saturated rings.